The summed E-state index contributed by atoms with van der Waals surface area (Å²) in [4.78, 5) is 25.9. The third-order valence-electron chi connectivity index (χ3n) is 3.12. The van der Waals surface area contributed by atoms with Gasteiger partial charge in [0.25, 0.3) is 11.5 Å². The Labute approximate surface area is 107 Å². The first-order valence-electron chi connectivity index (χ1n) is 6.01. The Morgan fingerprint density at radius 1 is 1.44 bits per heavy atom. The van der Waals surface area contributed by atoms with Gasteiger partial charge in [0.05, 0.1) is 6.61 Å². The summed E-state index contributed by atoms with van der Waals surface area (Å²) in [6, 6.07) is 1.82. The van der Waals surface area contributed by atoms with Crippen molar-refractivity contribution in [1.82, 2.24) is 9.47 Å². The predicted octanol–water partition coefficient (Wildman–Crippen LogP) is 0.457. The van der Waals surface area contributed by atoms with Gasteiger partial charge in [-0.15, -0.1) is 0 Å². The average Bonchev–Trinajstić information content (AvgIpc) is 2.33. The lowest BCUT2D eigenvalue weighted by Crippen LogP contribution is -2.38. The standard InChI is InChI=1S/C13H20N2O3/c1-5-15(6-7-16)13(18)11-9(2)8-10(3)14(4)12(11)17/h8,16H,5-7H2,1-4H3. The molecule has 100 valence electrons. The highest BCUT2D eigenvalue weighted by Gasteiger charge is 2.20. The van der Waals surface area contributed by atoms with Gasteiger partial charge in [-0.05, 0) is 32.4 Å². The number of carbonyl (C=O) groups is 1. The van der Waals surface area contributed by atoms with E-state index in [2.05, 4.69) is 0 Å². The molecule has 1 amide bonds. The van der Waals surface area contributed by atoms with E-state index in [1.165, 1.54) is 9.47 Å². The second kappa shape index (κ2) is 5.82. The number of rotatable bonds is 4. The van der Waals surface area contributed by atoms with Crippen LogP contribution < -0.4 is 5.56 Å². The molecular weight excluding hydrogens is 232 g/mol. The van der Waals surface area contributed by atoms with Gasteiger partial charge in [0, 0.05) is 25.8 Å². The Kier molecular flexibility index (Phi) is 4.67. The molecule has 0 saturated carbocycles. The monoisotopic (exact) mass is 252 g/mol. The molecule has 0 radical (unpaired) electrons. The van der Waals surface area contributed by atoms with Crippen LogP contribution in [-0.4, -0.2) is 40.2 Å². The van der Waals surface area contributed by atoms with E-state index in [0.717, 1.165) is 5.69 Å². The molecule has 0 atom stereocenters. The van der Waals surface area contributed by atoms with Crippen LogP contribution in [0.1, 0.15) is 28.5 Å². The number of hydrogen-bond acceptors (Lipinski definition) is 3. The number of aromatic nitrogens is 1. The fourth-order valence-corrected chi connectivity index (χ4v) is 1.92. The van der Waals surface area contributed by atoms with Gasteiger partial charge in [0.1, 0.15) is 5.56 Å². The molecule has 5 nitrogen and oxygen atoms in total. The summed E-state index contributed by atoms with van der Waals surface area (Å²) in [5.74, 6) is -0.315. The Hall–Kier alpha value is -1.62. The van der Waals surface area contributed by atoms with Gasteiger partial charge in [-0.3, -0.25) is 9.59 Å². The summed E-state index contributed by atoms with van der Waals surface area (Å²) in [6.07, 6.45) is 0. The number of nitrogens with zero attached hydrogens (tertiary/aromatic N) is 2. The smallest absolute Gasteiger partial charge is 0.263 e. The van der Waals surface area contributed by atoms with Crippen molar-refractivity contribution in [3.05, 3.63) is 33.2 Å². The highest BCUT2D eigenvalue weighted by molar-refractivity contribution is 5.95. The van der Waals surface area contributed by atoms with Crippen LogP contribution in [0, 0.1) is 13.8 Å². The summed E-state index contributed by atoms with van der Waals surface area (Å²) in [5, 5.41) is 8.92. The van der Waals surface area contributed by atoms with Gasteiger partial charge in [-0.1, -0.05) is 0 Å². The maximum absolute atomic E-state index is 12.3. The van der Waals surface area contributed by atoms with Crippen molar-refractivity contribution in [3.8, 4) is 0 Å². The highest BCUT2D eigenvalue weighted by atomic mass is 16.3. The Morgan fingerprint density at radius 2 is 2.06 bits per heavy atom. The van der Waals surface area contributed by atoms with Crippen molar-refractivity contribution in [2.24, 2.45) is 7.05 Å². The maximum atomic E-state index is 12.3. The minimum atomic E-state index is -0.315. The molecule has 0 bridgehead atoms. The molecule has 1 rings (SSSR count). The van der Waals surface area contributed by atoms with Crippen LogP contribution in [0.15, 0.2) is 10.9 Å². The quantitative estimate of drug-likeness (QED) is 0.846. The molecule has 0 aliphatic rings. The van der Waals surface area contributed by atoms with Crippen molar-refractivity contribution >= 4 is 5.91 Å². The first kappa shape index (κ1) is 14.4. The van der Waals surface area contributed by atoms with Gasteiger partial charge in [-0.2, -0.15) is 0 Å². The van der Waals surface area contributed by atoms with Crippen LogP contribution in [-0.2, 0) is 7.05 Å². The summed E-state index contributed by atoms with van der Waals surface area (Å²) >= 11 is 0. The second-order valence-corrected chi connectivity index (χ2v) is 4.32. The lowest BCUT2D eigenvalue weighted by atomic mass is 10.1. The van der Waals surface area contributed by atoms with Crippen molar-refractivity contribution in [2.75, 3.05) is 19.7 Å². The van der Waals surface area contributed by atoms with E-state index in [0.29, 0.717) is 12.1 Å². The minimum absolute atomic E-state index is 0.106. The molecular formula is C13H20N2O3. The summed E-state index contributed by atoms with van der Waals surface area (Å²) in [6.45, 7) is 6.01. The molecule has 1 heterocycles. The first-order valence-corrected chi connectivity index (χ1v) is 6.01. The van der Waals surface area contributed by atoms with Crippen molar-refractivity contribution in [3.63, 3.8) is 0 Å². The number of likely N-dealkylation sites (N-methyl/N-ethyl adjacent to an activating group) is 1. The third-order valence-corrected chi connectivity index (χ3v) is 3.12. The molecule has 5 heteroatoms. The molecule has 0 aliphatic carbocycles. The van der Waals surface area contributed by atoms with Gasteiger partial charge >= 0.3 is 0 Å². The Bertz CT molecular complexity index is 506. The van der Waals surface area contributed by atoms with Gasteiger partial charge in [0.2, 0.25) is 0 Å². The van der Waals surface area contributed by atoms with E-state index in [1.807, 2.05) is 19.9 Å². The lowest BCUT2D eigenvalue weighted by Gasteiger charge is -2.21. The van der Waals surface area contributed by atoms with E-state index in [1.54, 1.807) is 14.0 Å². The van der Waals surface area contributed by atoms with E-state index < -0.39 is 0 Å². The van der Waals surface area contributed by atoms with Crippen molar-refractivity contribution in [1.29, 1.82) is 0 Å². The van der Waals surface area contributed by atoms with Crippen molar-refractivity contribution < 1.29 is 9.90 Å². The van der Waals surface area contributed by atoms with Crippen LogP contribution in [0.25, 0.3) is 0 Å². The summed E-state index contributed by atoms with van der Waals surface area (Å²) in [5.41, 5.74) is 1.41. The number of aliphatic hydroxyl groups excluding tert-OH is 1. The van der Waals surface area contributed by atoms with Gasteiger partial charge in [-0.25, -0.2) is 0 Å². The van der Waals surface area contributed by atoms with Crippen LogP contribution in [0.5, 0.6) is 0 Å². The molecule has 0 saturated heterocycles. The van der Waals surface area contributed by atoms with Gasteiger partial charge < -0.3 is 14.6 Å². The molecule has 1 aromatic rings. The summed E-state index contributed by atoms with van der Waals surface area (Å²) < 4.78 is 1.47. The van der Waals surface area contributed by atoms with E-state index in [9.17, 15) is 9.59 Å². The number of pyridine rings is 1. The van der Waals surface area contributed by atoms with E-state index in [-0.39, 0.29) is 30.2 Å². The Morgan fingerprint density at radius 3 is 2.56 bits per heavy atom. The number of hydrogen-bond donors (Lipinski definition) is 1. The normalized spacial score (nSPS) is 10.5. The minimum Gasteiger partial charge on any atom is -0.395 e. The SMILES string of the molecule is CCN(CCO)C(=O)c1c(C)cc(C)n(C)c1=O. The van der Waals surface area contributed by atoms with Gasteiger partial charge in [0.15, 0.2) is 0 Å². The zero-order chi connectivity index (χ0) is 13.9. The van der Waals surface area contributed by atoms with Crippen LogP contribution >= 0.6 is 0 Å². The fourth-order valence-electron chi connectivity index (χ4n) is 1.92. The molecule has 1 N–H and O–H groups in total. The molecule has 0 fully saturated rings. The Balaban J connectivity index is 3.29. The topological polar surface area (TPSA) is 62.5 Å². The number of aryl methyl sites for hydroxylation is 2. The number of amides is 1. The number of carbonyl (C=O) groups excluding carboxylic acids is 1. The predicted molar refractivity (Wildman–Crippen MR) is 69.8 cm³/mol. The molecule has 0 aliphatic heterocycles. The molecule has 0 aromatic carbocycles. The van der Waals surface area contributed by atoms with Crippen LogP contribution in [0.2, 0.25) is 0 Å². The largest absolute Gasteiger partial charge is 0.395 e. The zero-order valence-corrected chi connectivity index (χ0v) is 11.4. The molecule has 18 heavy (non-hydrogen) atoms. The molecule has 0 spiro atoms. The number of aliphatic hydroxyl groups is 1. The second-order valence-electron chi connectivity index (χ2n) is 4.32. The molecule has 0 unspecified atom stereocenters. The lowest BCUT2D eigenvalue weighted by molar-refractivity contribution is 0.0729. The van der Waals surface area contributed by atoms with Crippen molar-refractivity contribution in [2.45, 2.75) is 20.8 Å². The highest BCUT2D eigenvalue weighted by Crippen LogP contribution is 2.08. The fraction of sp³-hybridized carbons (Fsp3) is 0.538. The zero-order valence-electron chi connectivity index (χ0n) is 11.4. The van der Waals surface area contributed by atoms with Crippen LogP contribution in [0.4, 0.5) is 0 Å². The summed E-state index contributed by atoms with van der Waals surface area (Å²) in [7, 11) is 1.65. The average molecular weight is 252 g/mol. The molecule has 1 aromatic heterocycles. The first-order chi connectivity index (χ1) is 8.43. The third kappa shape index (κ3) is 2.61. The van der Waals surface area contributed by atoms with E-state index in [4.69, 9.17) is 5.11 Å². The van der Waals surface area contributed by atoms with E-state index >= 15 is 0 Å². The van der Waals surface area contributed by atoms with Crippen LogP contribution in [0.3, 0.4) is 0 Å². The maximum Gasteiger partial charge on any atom is 0.263 e.